The summed E-state index contributed by atoms with van der Waals surface area (Å²) < 4.78 is 4.77. The van der Waals surface area contributed by atoms with Crippen molar-refractivity contribution in [2.75, 3.05) is 33.3 Å². The Morgan fingerprint density at radius 2 is 1.50 bits per heavy atom. The number of nitrogens with zero attached hydrogens (tertiary/aromatic N) is 3. The van der Waals surface area contributed by atoms with Gasteiger partial charge in [0.2, 0.25) is 0 Å². The summed E-state index contributed by atoms with van der Waals surface area (Å²) in [6.45, 7) is 7.28. The maximum atomic E-state index is 13.3. The van der Waals surface area contributed by atoms with E-state index in [0.29, 0.717) is 24.1 Å². The minimum absolute atomic E-state index is 0.0986. The maximum absolute atomic E-state index is 13.3. The van der Waals surface area contributed by atoms with Gasteiger partial charge in [-0.15, -0.1) is 0 Å². The molecular formula is C30H37N3O7. The molecule has 0 aliphatic carbocycles. The summed E-state index contributed by atoms with van der Waals surface area (Å²) in [5.41, 5.74) is 0.774. The molecule has 1 aliphatic heterocycles. The number of methoxy groups -OCH3 is 1. The SMILES string of the molecule is CCCCN(CCCC)CCCN1C(=O)C(=O)/C(=C(\O)c2ccc([N+](=O)[O-])cc2)C1c1ccc(C(=O)OC)cc1. The highest BCUT2D eigenvalue weighted by Crippen LogP contribution is 2.39. The number of ketones is 1. The molecule has 3 rings (SSSR count). The van der Waals surface area contributed by atoms with Gasteiger partial charge in [0.25, 0.3) is 17.4 Å². The Bertz CT molecular complexity index is 1230. The minimum Gasteiger partial charge on any atom is -0.507 e. The van der Waals surface area contributed by atoms with Crippen molar-refractivity contribution in [2.45, 2.75) is 52.0 Å². The molecule has 1 N–H and O–H groups in total. The summed E-state index contributed by atoms with van der Waals surface area (Å²) in [4.78, 5) is 52.9. The monoisotopic (exact) mass is 551 g/mol. The van der Waals surface area contributed by atoms with Gasteiger partial charge in [0.15, 0.2) is 0 Å². The topological polar surface area (TPSA) is 130 Å². The van der Waals surface area contributed by atoms with Crippen LogP contribution in [-0.2, 0) is 14.3 Å². The molecule has 1 heterocycles. The van der Waals surface area contributed by atoms with Gasteiger partial charge in [-0.1, -0.05) is 38.8 Å². The molecule has 1 aliphatic rings. The van der Waals surface area contributed by atoms with E-state index >= 15 is 0 Å². The van der Waals surface area contributed by atoms with Crippen molar-refractivity contribution in [1.29, 1.82) is 0 Å². The summed E-state index contributed by atoms with van der Waals surface area (Å²) in [5.74, 6) is -2.48. The first-order chi connectivity index (χ1) is 19.2. The quantitative estimate of drug-likeness (QED) is 0.0858. The van der Waals surface area contributed by atoms with E-state index in [1.165, 1.54) is 36.3 Å². The number of likely N-dealkylation sites (tertiary alicyclic amines) is 1. The lowest BCUT2D eigenvalue weighted by Crippen LogP contribution is -2.34. The lowest BCUT2D eigenvalue weighted by Gasteiger charge is -2.27. The molecule has 0 bridgehead atoms. The fraction of sp³-hybridized carbons (Fsp3) is 0.433. The molecule has 10 nitrogen and oxygen atoms in total. The molecule has 1 atom stereocenters. The third kappa shape index (κ3) is 7.12. The van der Waals surface area contributed by atoms with Crippen molar-refractivity contribution in [3.8, 4) is 0 Å². The molecule has 0 saturated carbocycles. The summed E-state index contributed by atoms with van der Waals surface area (Å²) in [7, 11) is 1.28. The number of unbranched alkanes of at least 4 members (excludes halogenated alkanes) is 2. The van der Waals surface area contributed by atoms with E-state index in [4.69, 9.17) is 4.74 Å². The first-order valence-electron chi connectivity index (χ1n) is 13.7. The van der Waals surface area contributed by atoms with Gasteiger partial charge >= 0.3 is 5.97 Å². The van der Waals surface area contributed by atoms with Crippen LogP contribution in [0.1, 0.15) is 73.5 Å². The van der Waals surface area contributed by atoms with Crippen LogP contribution in [0.2, 0.25) is 0 Å². The van der Waals surface area contributed by atoms with Crippen LogP contribution in [0.5, 0.6) is 0 Å². The zero-order valence-corrected chi connectivity index (χ0v) is 23.3. The van der Waals surface area contributed by atoms with Crippen LogP contribution in [0.3, 0.4) is 0 Å². The predicted molar refractivity (Wildman–Crippen MR) is 151 cm³/mol. The van der Waals surface area contributed by atoms with E-state index in [0.717, 1.165) is 45.3 Å². The maximum Gasteiger partial charge on any atom is 0.337 e. The largest absolute Gasteiger partial charge is 0.507 e. The highest BCUT2D eigenvalue weighted by atomic mass is 16.6. The Hall–Kier alpha value is -4.05. The molecule has 1 amide bonds. The number of Topliss-reactive ketones (excluding diaryl/α,β-unsaturated/α-hetero) is 1. The Morgan fingerprint density at radius 1 is 0.950 bits per heavy atom. The van der Waals surface area contributed by atoms with Crippen molar-refractivity contribution >= 4 is 29.1 Å². The van der Waals surface area contributed by atoms with Crippen molar-refractivity contribution < 1.29 is 29.2 Å². The molecule has 0 aromatic heterocycles. The van der Waals surface area contributed by atoms with Gasteiger partial charge in [-0.25, -0.2) is 4.79 Å². The summed E-state index contributed by atoms with van der Waals surface area (Å²) in [5, 5.41) is 22.3. The first-order valence-corrected chi connectivity index (χ1v) is 13.7. The Balaban J connectivity index is 1.97. The summed E-state index contributed by atoms with van der Waals surface area (Å²) in [6.07, 6.45) is 4.96. The molecule has 2 aromatic rings. The summed E-state index contributed by atoms with van der Waals surface area (Å²) in [6, 6.07) is 10.6. The van der Waals surface area contributed by atoms with Gasteiger partial charge in [0.05, 0.1) is 29.2 Å². The van der Waals surface area contributed by atoms with Crippen LogP contribution in [0, 0.1) is 10.1 Å². The number of nitro benzene ring substituents is 1. The number of hydrogen-bond acceptors (Lipinski definition) is 8. The zero-order valence-electron chi connectivity index (χ0n) is 23.3. The highest BCUT2D eigenvalue weighted by Gasteiger charge is 2.45. The number of amides is 1. The van der Waals surface area contributed by atoms with Gasteiger partial charge in [0, 0.05) is 24.2 Å². The average molecular weight is 552 g/mol. The standard InChI is InChI=1S/C30H37N3O7/c1-4-6-17-31(18-7-5-2)19-8-20-32-26(21-9-11-23(12-10-21)30(37)40-3)25(28(35)29(32)36)27(34)22-13-15-24(16-14-22)33(38)39/h9-16,26,34H,4-8,17-20H2,1-3H3/b27-25-. The van der Waals surface area contributed by atoms with Crippen LogP contribution in [-0.4, -0.2) is 70.8 Å². The molecule has 10 heteroatoms. The number of esters is 1. The van der Waals surface area contributed by atoms with Gasteiger partial charge in [-0.2, -0.15) is 0 Å². The number of nitro groups is 1. The van der Waals surface area contributed by atoms with Gasteiger partial charge in [-0.05, 0) is 68.7 Å². The molecule has 40 heavy (non-hydrogen) atoms. The van der Waals surface area contributed by atoms with E-state index in [-0.39, 0.29) is 16.8 Å². The Kier molecular flexibility index (Phi) is 11.0. The zero-order chi connectivity index (χ0) is 29.2. The number of carbonyl (C=O) groups is 3. The number of non-ortho nitro benzene ring substituents is 1. The molecule has 1 unspecified atom stereocenters. The van der Waals surface area contributed by atoms with E-state index < -0.39 is 34.4 Å². The van der Waals surface area contributed by atoms with Crippen molar-refractivity contribution in [1.82, 2.24) is 9.80 Å². The lowest BCUT2D eigenvalue weighted by atomic mass is 9.94. The van der Waals surface area contributed by atoms with E-state index in [1.54, 1.807) is 24.3 Å². The average Bonchev–Trinajstić information content (AvgIpc) is 3.22. The first kappa shape index (κ1) is 30.5. The second-order valence-corrected chi connectivity index (χ2v) is 9.81. The molecule has 2 aromatic carbocycles. The summed E-state index contributed by atoms with van der Waals surface area (Å²) >= 11 is 0. The van der Waals surface area contributed by atoms with Crippen molar-refractivity contribution in [3.05, 3.63) is 80.9 Å². The Morgan fingerprint density at radius 3 is 2.02 bits per heavy atom. The number of hydrogen-bond donors (Lipinski definition) is 1. The van der Waals surface area contributed by atoms with Gasteiger partial charge < -0.3 is 19.6 Å². The van der Waals surface area contributed by atoms with Crippen LogP contribution in [0.4, 0.5) is 5.69 Å². The second-order valence-electron chi connectivity index (χ2n) is 9.81. The molecule has 0 radical (unpaired) electrons. The van der Waals surface area contributed by atoms with E-state index in [2.05, 4.69) is 18.7 Å². The molecular weight excluding hydrogens is 514 g/mol. The third-order valence-electron chi connectivity index (χ3n) is 7.07. The van der Waals surface area contributed by atoms with Crippen LogP contribution < -0.4 is 0 Å². The van der Waals surface area contributed by atoms with E-state index in [1.807, 2.05) is 0 Å². The number of aliphatic hydroxyl groups excluding tert-OH is 1. The van der Waals surface area contributed by atoms with Crippen molar-refractivity contribution in [2.24, 2.45) is 0 Å². The number of rotatable bonds is 14. The molecule has 214 valence electrons. The molecule has 0 spiro atoms. The number of carbonyl (C=O) groups excluding carboxylic acids is 3. The van der Waals surface area contributed by atoms with Crippen molar-refractivity contribution in [3.63, 3.8) is 0 Å². The minimum atomic E-state index is -0.887. The van der Waals surface area contributed by atoms with Crippen LogP contribution in [0.15, 0.2) is 54.1 Å². The lowest BCUT2D eigenvalue weighted by molar-refractivity contribution is -0.384. The second kappa shape index (κ2) is 14.4. The molecule has 1 saturated heterocycles. The molecule has 1 fully saturated rings. The Labute approximate surface area is 234 Å². The van der Waals surface area contributed by atoms with Gasteiger partial charge in [0.1, 0.15) is 5.76 Å². The highest BCUT2D eigenvalue weighted by molar-refractivity contribution is 6.46. The number of ether oxygens (including phenoxy) is 1. The van der Waals surface area contributed by atoms with Crippen LogP contribution >= 0.6 is 0 Å². The third-order valence-corrected chi connectivity index (χ3v) is 7.07. The van der Waals surface area contributed by atoms with Gasteiger partial charge in [-0.3, -0.25) is 19.7 Å². The smallest absolute Gasteiger partial charge is 0.337 e. The number of benzene rings is 2. The predicted octanol–water partition coefficient (Wildman–Crippen LogP) is 5.10. The number of aliphatic hydroxyl groups is 1. The fourth-order valence-electron chi connectivity index (χ4n) is 4.84. The fourth-order valence-corrected chi connectivity index (χ4v) is 4.84. The normalized spacial score (nSPS) is 16.5. The van der Waals surface area contributed by atoms with Crippen LogP contribution in [0.25, 0.3) is 5.76 Å². The van der Waals surface area contributed by atoms with E-state index in [9.17, 15) is 29.6 Å².